The maximum atomic E-state index is 11.1. The van der Waals surface area contributed by atoms with Crippen LogP contribution in [0.1, 0.15) is 31.2 Å². The summed E-state index contributed by atoms with van der Waals surface area (Å²) in [7, 11) is 0. The molecule has 2 fully saturated rings. The molecule has 1 saturated heterocycles. The van der Waals surface area contributed by atoms with E-state index in [2.05, 4.69) is 35.6 Å². The summed E-state index contributed by atoms with van der Waals surface area (Å²) in [6.07, 6.45) is 4.58. The Labute approximate surface area is 120 Å². The molecule has 1 saturated carbocycles. The predicted molar refractivity (Wildman–Crippen MR) is 79.5 cm³/mol. The Balaban J connectivity index is 1.50. The molecule has 1 aliphatic carbocycles. The fourth-order valence-electron chi connectivity index (χ4n) is 3.15. The molecular formula is C16H23N3O. The van der Waals surface area contributed by atoms with Crippen LogP contribution in [0.15, 0.2) is 30.3 Å². The monoisotopic (exact) mass is 273 g/mol. The first-order valence-electron chi connectivity index (χ1n) is 7.53. The molecule has 0 bridgehead atoms. The Bertz CT molecular complexity index is 462. The molecule has 0 spiro atoms. The molecule has 108 valence electrons. The molecule has 0 radical (unpaired) electrons. The number of rotatable bonds is 4. The fourth-order valence-corrected chi connectivity index (χ4v) is 3.15. The summed E-state index contributed by atoms with van der Waals surface area (Å²) in [5, 5.41) is 3.70. The number of benzene rings is 1. The van der Waals surface area contributed by atoms with E-state index in [0.717, 1.165) is 32.5 Å². The number of nitrogens with zero attached hydrogens (tertiary/aromatic N) is 1. The highest BCUT2D eigenvalue weighted by molar-refractivity contribution is 5.72. The lowest BCUT2D eigenvalue weighted by Crippen LogP contribution is -2.48. The third-order valence-corrected chi connectivity index (χ3v) is 4.78. The number of urea groups is 1. The van der Waals surface area contributed by atoms with E-state index in [1.54, 1.807) is 4.90 Å². The lowest BCUT2D eigenvalue weighted by Gasteiger charge is -2.32. The van der Waals surface area contributed by atoms with Gasteiger partial charge in [0.15, 0.2) is 0 Å². The standard InChI is InChI=1S/C16H23N3O/c17-15(20)19-10-6-14(7-11-19)18-12-16(8-9-16)13-4-2-1-3-5-13/h1-5,14,18H,6-12H2,(H2,17,20). The van der Waals surface area contributed by atoms with Gasteiger partial charge in [-0.05, 0) is 31.2 Å². The summed E-state index contributed by atoms with van der Waals surface area (Å²) >= 11 is 0. The Morgan fingerprint density at radius 2 is 1.90 bits per heavy atom. The Morgan fingerprint density at radius 3 is 2.45 bits per heavy atom. The van der Waals surface area contributed by atoms with Gasteiger partial charge in [0.1, 0.15) is 0 Å². The van der Waals surface area contributed by atoms with Crippen LogP contribution in [0.5, 0.6) is 0 Å². The zero-order chi connectivity index (χ0) is 14.0. The number of hydrogen-bond donors (Lipinski definition) is 2. The van der Waals surface area contributed by atoms with Gasteiger partial charge in [0.2, 0.25) is 0 Å². The van der Waals surface area contributed by atoms with Crippen molar-refractivity contribution >= 4 is 6.03 Å². The van der Waals surface area contributed by atoms with Crippen molar-refractivity contribution in [3.63, 3.8) is 0 Å². The quantitative estimate of drug-likeness (QED) is 0.879. The number of carbonyl (C=O) groups excluding carboxylic acids is 1. The highest BCUT2D eigenvalue weighted by atomic mass is 16.2. The number of nitrogens with one attached hydrogen (secondary N) is 1. The van der Waals surface area contributed by atoms with Gasteiger partial charge in [-0.25, -0.2) is 4.79 Å². The van der Waals surface area contributed by atoms with Crippen LogP contribution in [0.3, 0.4) is 0 Å². The molecule has 1 aromatic rings. The van der Waals surface area contributed by atoms with E-state index in [1.807, 2.05) is 0 Å². The third-order valence-electron chi connectivity index (χ3n) is 4.78. The smallest absolute Gasteiger partial charge is 0.314 e. The predicted octanol–water partition coefficient (Wildman–Crippen LogP) is 1.85. The SMILES string of the molecule is NC(=O)N1CCC(NCC2(c3ccccc3)CC2)CC1. The van der Waals surface area contributed by atoms with Crippen molar-refractivity contribution in [1.82, 2.24) is 10.2 Å². The second kappa shape index (κ2) is 5.44. The van der Waals surface area contributed by atoms with Crippen molar-refractivity contribution in [3.05, 3.63) is 35.9 Å². The second-order valence-electron chi connectivity index (χ2n) is 6.13. The molecule has 20 heavy (non-hydrogen) atoms. The lowest BCUT2D eigenvalue weighted by molar-refractivity contribution is 0.184. The van der Waals surface area contributed by atoms with Crippen molar-refractivity contribution in [2.75, 3.05) is 19.6 Å². The normalized spacial score (nSPS) is 21.7. The van der Waals surface area contributed by atoms with Crippen LogP contribution in [0.2, 0.25) is 0 Å². The topological polar surface area (TPSA) is 58.4 Å². The van der Waals surface area contributed by atoms with Crippen LogP contribution < -0.4 is 11.1 Å². The average Bonchev–Trinajstić information content (AvgIpc) is 3.28. The molecule has 0 aromatic heterocycles. The van der Waals surface area contributed by atoms with Gasteiger partial charge in [0.05, 0.1) is 0 Å². The fraction of sp³-hybridized carbons (Fsp3) is 0.562. The summed E-state index contributed by atoms with van der Waals surface area (Å²) in [6, 6.07) is 11.0. The van der Waals surface area contributed by atoms with Gasteiger partial charge in [-0.1, -0.05) is 30.3 Å². The summed E-state index contributed by atoms with van der Waals surface area (Å²) in [5.74, 6) is 0. The highest BCUT2D eigenvalue weighted by Gasteiger charge is 2.44. The number of primary amides is 1. The van der Waals surface area contributed by atoms with Crippen LogP contribution in [0.25, 0.3) is 0 Å². The molecule has 3 N–H and O–H groups in total. The van der Waals surface area contributed by atoms with Gasteiger partial charge in [-0.15, -0.1) is 0 Å². The lowest BCUT2D eigenvalue weighted by atomic mass is 9.95. The minimum atomic E-state index is -0.286. The van der Waals surface area contributed by atoms with E-state index in [1.165, 1.54) is 18.4 Å². The molecule has 1 aliphatic heterocycles. The first kappa shape index (κ1) is 13.4. The van der Waals surface area contributed by atoms with Crippen LogP contribution in [0, 0.1) is 0 Å². The van der Waals surface area contributed by atoms with Crippen molar-refractivity contribution in [3.8, 4) is 0 Å². The number of piperidine rings is 1. The van der Waals surface area contributed by atoms with E-state index in [-0.39, 0.29) is 6.03 Å². The molecule has 1 heterocycles. The first-order chi connectivity index (χ1) is 9.70. The van der Waals surface area contributed by atoms with E-state index >= 15 is 0 Å². The second-order valence-corrected chi connectivity index (χ2v) is 6.13. The molecule has 2 amide bonds. The summed E-state index contributed by atoms with van der Waals surface area (Å²) < 4.78 is 0. The molecule has 0 atom stereocenters. The summed E-state index contributed by atoms with van der Waals surface area (Å²) in [4.78, 5) is 12.8. The largest absolute Gasteiger partial charge is 0.351 e. The van der Waals surface area contributed by atoms with Crippen LogP contribution >= 0.6 is 0 Å². The van der Waals surface area contributed by atoms with Crippen molar-refractivity contribution in [2.45, 2.75) is 37.1 Å². The Morgan fingerprint density at radius 1 is 1.25 bits per heavy atom. The number of hydrogen-bond acceptors (Lipinski definition) is 2. The molecule has 4 heteroatoms. The highest BCUT2D eigenvalue weighted by Crippen LogP contribution is 2.47. The van der Waals surface area contributed by atoms with E-state index in [9.17, 15) is 4.79 Å². The zero-order valence-corrected chi connectivity index (χ0v) is 11.8. The molecule has 1 aromatic carbocycles. The minimum absolute atomic E-state index is 0.286. The minimum Gasteiger partial charge on any atom is -0.351 e. The third kappa shape index (κ3) is 2.80. The average molecular weight is 273 g/mol. The van der Waals surface area contributed by atoms with Gasteiger partial charge in [-0.3, -0.25) is 0 Å². The molecule has 3 rings (SSSR count). The van der Waals surface area contributed by atoms with Gasteiger partial charge >= 0.3 is 6.03 Å². The number of amides is 2. The van der Waals surface area contributed by atoms with Gasteiger partial charge in [0, 0.05) is 31.1 Å². The summed E-state index contributed by atoms with van der Waals surface area (Å²) in [6.45, 7) is 2.62. The van der Waals surface area contributed by atoms with Crippen LogP contribution in [-0.2, 0) is 5.41 Å². The summed E-state index contributed by atoms with van der Waals surface area (Å²) in [5.41, 5.74) is 7.13. The molecule has 0 unspecified atom stereocenters. The maximum absolute atomic E-state index is 11.1. The molecule has 2 aliphatic rings. The van der Waals surface area contributed by atoms with Crippen LogP contribution in [0.4, 0.5) is 4.79 Å². The van der Waals surface area contributed by atoms with Gasteiger partial charge < -0.3 is 16.0 Å². The maximum Gasteiger partial charge on any atom is 0.314 e. The Kier molecular flexibility index (Phi) is 3.66. The number of nitrogens with two attached hydrogens (primary N) is 1. The van der Waals surface area contributed by atoms with Crippen molar-refractivity contribution < 1.29 is 4.79 Å². The van der Waals surface area contributed by atoms with Gasteiger partial charge in [0.25, 0.3) is 0 Å². The number of likely N-dealkylation sites (tertiary alicyclic amines) is 1. The molecule has 4 nitrogen and oxygen atoms in total. The zero-order valence-electron chi connectivity index (χ0n) is 11.8. The Hall–Kier alpha value is -1.55. The van der Waals surface area contributed by atoms with E-state index in [4.69, 9.17) is 5.73 Å². The van der Waals surface area contributed by atoms with Gasteiger partial charge in [-0.2, -0.15) is 0 Å². The van der Waals surface area contributed by atoms with E-state index < -0.39 is 0 Å². The number of carbonyl (C=O) groups is 1. The first-order valence-corrected chi connectivity index (χ1v) is 7.53. The van der Waals surface area contributed by atoms with E-state index in [0.29, 0.717) is 11.5 Å². The van der Waals surface area contributed by atoms with Crippen molar-refractivity contribution in [1.29, 1.82) is 0 Å². The molecular weight excluding hydrogens is 250 g/mol. The van der Waals surface area contributed by atoms with Crippen LogP contribution in [-0.4, -0.2) is 36.6 Å². The van der Waals surface area contributed by atoms with Crippen molar-refractivity contribution in [2.24, 2.45) is 5.73 Å².